The molecule has 3 nitrogen and oxygen atoms in total. The smallest absolute Gasteiger partial charge is 0.109 e. The van der Waals surface area contributed by atoms with E-state index in [1.807, 2.05) is 42.1 Å². The molecular weight excluding hydrogens is 298 g/mol. The van der Waals surface area contributed by atoms with Crippen molar-refractivity contribution in [3.8, 4) is 0 Å². The molecule has 3 aromatic heterocycles. The monoisotopic (exact) mass is 317 g/mol. The zero-order valence-electron chi connectivity index (χ0n) is 12.0. The summed E-state index contributed by atoms with van der Waals surface area (Å²) in [6, 6.07) is 9.08. The van der Waals surface area contributed by atoms with E-state index in [2.05, 4.69) is 49.9 Å². The SMILES string of the molecule is Cn1ccnc1CCNC(Cc1cccs1)c1cccs1. The van der Waals surface area contributed by atoms with Crippen LogP contribution < -0.4 is 5.32 Å². The lowest BCUT2D eigenvalue weighted by molar-refractivity contribution is 0.536. The third kappa shape index (κ3) is 3.81. The fraction of sp³-hybridized carbons (Fsp3) is 0.312. The van der Waals surface area contributed by atoms with Gasteiger partial charge in [0.2, 0.25) is 0 Å². The molecule has 0 saturated carbocycles. The molecule has 3 rings (SSSR count). The molecule has 0 amide bonds. The lowest BCUT2D eigenvalue weighted by Gasteiger charge is -2.16. The highest BCUT2D eigenvalue weighted by molar-refractivity contribution is 7.10. The Bertz CT molecular complexity index is 641. The molecule has 0 aliphatic heterocycles. The Morgan fingerprint density at radius 1 is 1.24 bits per heavy atom. The average molecular weight is 317 g/mol. The van der Waals surface area contributed by atoms with E-state index in [1.165, 1.54) is 9.75 Å². The van der Waals surface area contributed by atoms with Gasteiger partial charge in [0.05, 0.1) is 0 Å². The van der Waals surface area contributed by atoms with Gasteiger partial charge in [-0.05, 0) is 22.9 Å². The van der Waals surface area contributed by atoms with Crippen molar-refractivity contribution in [2.75, 3.05) is 6.54 Å². The highest BCUT2D eigenvalue weighted by Gasteiger charge is 2.13. The molecule has 0 radical (unpaired) electrons. The lowest BCUT2D eigenvalue weighted by atomic mass is 10.1. The minimum absolute atomic E-state index is 0.393. The minimum Gasteiger partial charge on any atom is -0.338 e. The van der Waals surface area contributed by atoms with Gasteiger partial charge in [-0.3, -0.25) is 0 Å². The van der Waals surface area contributed by atoms with E-state index < -0.39 is 0 Å². The van der Waals surface area contributed by atoms with E-state index in [4.69, 9.17) is 0 Å². The number of nitrogens with zero attached hydrogens (tertiary/aromatic N) is 2. The molecule has 0 fully saturated rings. The van der Waals surface area contributed by atoms with Gasteiger partial charge in [0.1, 0.15) is 5.82 Å². The summed E-state index contributed by atoms with van der Waals surface area (Å²) >= 11 is 3.66. The van der Waals surface area contributed by atoms with Gasteiger partial charge in [-0.1, -0.05) is 12.1 Å². The molecular formula is C16H19N3S2. The summed E-state index contributed by atoms with van der Waals surface area (Å²) in [7, 11) is 2.05. The molecule has 3 heterocycles. The van der Waals surface area contributed by atoms with E-state index in [0.717, 1.165) is 25.2 Å². The average Bonchev–Trinajstić information content (AvgIpc) is 3.20. The van der Waals surface area contributed by atoms with Crippen molar-refractivity contribution in [3.05, 3.63) is 63.0 Å². The van der Waals surface area contributed by atoms with Crippen LogP contribution in [0.1, 0.15) is 21.6 Å². The summed E-state index contributed by atoms with van der Waals surface area (Å²) in [6.45, 7) is 0.943. The fourth-order valence-electron chi connectivity index (χ4n) is 2.39. The first-order valence-corrected chi connectivity index (χ1v) is 8.84. The van der Waals surface area contributed by atoms with Gasteiger partial charge in [-0.15, -0.1) is 22.7 Å². The molecule has 21 heavy (non-hydrogen) atoms. The first kappa shape index (κ1) is 14.5. The summed E-state index contributed by atoms with van der Waals surface area (Å²) in [5.41, 5.74) is 0. The normalized spacial score (nSPS) is 12.6. The van der Waals surface area contributed by atoms with Crippen LogP contribution in [0, 0.1) is 0 Å². The fourth-order valence-corrected chi connectivity index (χ4v) is 3.94. The van der Waals surface area contributed by atoms with E-state index in [1.54, 1.807) is 0 Å². The summed E-state index contributed by atoms with van der Waals surface area (Å²) < 4.78 is 2.08. The highest BCUT2D eigenvalue weighted by atomic mass is 32.1. The van der Waals surface area contributed by atoms with Crippen LogP contribution in [0.5, 0.6) is 0 Å². The van der Waals surface area contributed by atoms with Crippen LogP contribution in [-0.2, 0) is 19.9 Å². The van der Waals surface area contributed by atoms with Crippen LogP contribution in [0.4, 0.5) is 0 Å². The Labute approximate surface area is 133 Å². The molecule has 5 heteroatoms. The zero-order chi connectivity index (χ0) is 14.5. The first-order valence-electron chi connectivity index (χ1n) is 7.08. The molecule has 1 atom stereocenters. The number of thiophene rings is 2. The van der Waals surface area contributed by atoms with E-state index in [9.17, 15) is 0 Å². The maximum Gasteiger partial charge on any atom is 0.109 e. The van der Waals surface area contributed by atoms with Crippen LogP contribution >= 0.6 is 22.7 Å². The van der Waals surface area contributed by atoms with Crippen LogP contribution in [0.3, 0.4) is 0 Å². The van der Waals surface area contributed by atoms with Crippen molar-refractivity contribution in [2.45, 2.75) is 18.9 Å². The standard InChI is InChI=1S/C16H19N3S2/c1-19-9-8-18-16(19)6-7-17-14(15-5-3-11-21-15)12-13-4-2-10-20-13/h2-5,8-11,14,17H,6-7,12H2,1H3. The van der Waals surface area contributed by atoms with Crippen molar-refractivity contribution >= 4 is 22.7 Å². The first-order chi connectivity index (χ1) is 10.3. The quantitative estimate of drug-likeness (QED) is 0.721. The molecule has 0 saturated heterocycles. The maximum absolute atomic E-state index is 4.38. The molecule has 1 N–H and O–H groups in total. The number of hydrogen-bond donors (Lipinski definition) is 1. The Morgan fingerprint density at radius 3 is 2.76 bits per heavy atom. The molecule has 110 valence electrons. The van der Waals surface area contributed by atoms with Gasteiger partial charge < -0.3 is 9.88 Å². The van der Waals surface area contributed by atoms with Gasteiger partial charge in [-0.2, -0.15) is 0 Å². The van der Waals surface area contributed by atoms with E-state index in [0.29, 0.717) is 6.04 Å². The predicted octanol–water partition coefficient (Wildman–Crippen LogP) is 3.66. The van der Waals surface area contributed by atoms with Gasteiger partial charge >= 0.3 is 0 Å². The number of rotatable bonds is 7. The van der Waals surface area contributed by atoms with Crippen LogP contribution in [-0.4, -0.2) is 16.1 Å². The van der Waals surface area contributed by atoms with Gasteiger partial charge in [0, 0.05) is 54.6 Å². The Balaban J connectivity index is 1.61. The Kier molecular flexibility index (Phi) is 4.85. The van der Waals surface area contributed by atoms with Gasteiger partial charge in [0.15, 0.2) is 0 Å². The third-order valence-corrected chi connectivity index (χ3v) is 5.42. The minimum atomic E-state index is 0.393. The Morgan fingerprint density at radius 2 is 2.10 bits per heavy atom. The highest BCUT2D eigenvalue weighted by Crippen LogP contribution is 2.24. The number of nitrogens with one attached hydrogen (secondary N) is 1. The molecule has 0 aliphatic carbocycles. The van der Waals surface area contributed by atoms with Crippen molar-refractivity contribution in [1.29, 1.82) is 0 Å². The summed E-state index contributed by atoms with van der Waals surface area (Å²) in [5, 5.41) is 7.99. The van der Waals surface area contributed by atoms with Gasteiger partial charge in [-0.25, -0.2) is 4.98 Å². The molecule has 0 bridgehead atoms. The topological polar surface area (TPSA) is 29.9 Å². The Hall–Kier alpha value is -1.43. The maximum atomic E-state index is 4.38. The summed E-state index contributed by atoms with van der Waals surface area (Å²) in [6.07, 6.45) is 5.87. The van der Waals surface area contributed by atoms with Crippen molar-refractivity contribution in [3.63, 3.8) is 0 Å². The van der Waals surface area contributed by atoms with E-state index in [-0.39, 0.29) is 0 Å². The second-order valence-corrected chi connectivity index (χ2v) is 7.02. The largest absolute Gasteiger partial charge is 0.338 e. The second kappa shape index (κ2) is 7.02. The zero-order valence-corrected chi connectivity index (χ0v) is 13.7. The molecule has 1 unspecified atom stereocenters. The van der Waals surface area contributed by atoms with Crippen molar-refractivity contribution < 1.29 is 0 Å². The molecule has 0 aliphatic rings. The van der Waals surface area contributed by atoms with Gasteiger partial charge in [0.25, 0.3) is 0 Å². The van der Waals surface area contributed by atoms with E-state index >= 15 is 0 Å². The molecule has 3 aromatic rings. The molecule has 0 aromatic carbocycles. The summed E-state index contributed by atoms with van der Waals surface area (Å²) in [5.74, 6) is 1.13. The number of aromatic nitrogens is 2. The predicted molar refractivity (Wildman–Crippen MR) is 90.0 cm³/mol. The van der Waals surface area contributed by atoms with Crippen LogP contribution in [0.2, 0.25) is 0 Å². The molecule has 0 spiro atoms. The number of hydrogen-bond acceptors (Lipinski definition) is 4. The lowest BCUT2D eigenvalue weighted by Crippen LogP contribution is -2.25. The van der Waals surface area contributed by atoms with Crippen molar-refractivity contribution in [2.24, 2.45) is 7.05 Å². The number of aryl methyl sites for hydroxylation is 1. The van der Waals surface area contributed by atoms with Crippen molar-refractivity contribution in [1.82, 2.24) is 14.9 Å². The van der Waals surface area contributed by atoms with Crippen LogP contribution in [0.25, 0.3) is 0 Å². The second-order valence-electron chi connectivity index (χ2n) is 5.01. The summed E-state index contributed by atoms with van der Waals surface area (Å²) in [4.78, 5) is 7.21. The third-order valence-electron chi connectivity index (χ3n) is 3.53. The van der Waals surface area contributed by atoms with Crippen LogP contribution in [0.15, 0.2) is 47.4 Å². The number of imidazole rings is 1.